The van der Waals surface area contributed by atoms with Gasteiger partial charge in [0.05, 0.1) is 12.2 Å². The maximum Gasteiger partial charge on any atom is 0.358 e. The van der Waals surface area contributed by atoms with Crippen LogP contribution < -0.4 is 0 Å². The molecule has 2 aliphatic carbocycles. The summed E-state index contributed by atoms with van der Waals surface area (Å²) in [6.45, 7) is 1.24. The zero-order chi connectivity index (χ0) is 14.6. The highest BCUT2D eigenvalue weighted by molar-refractivity contribution is 5.85. The highest BCUT2D eigenvalue weighted by atomic mass is 16.4. The number of nitrogens with zero attached hydrogens (tertiary/aromatic N) is 4. The van der Waals surface area contributed by atoms with Gasteiger partial charge in [0.2, 0.25) is 5.91 Å². The SMILES string of the molecule is O=C(O)c1cn(C2CN(C(=O)C3C4CCCCC43)C2)nn1. The molecule has 1 aromatic rings. The molecule has 3 aliphatic rings. The number of rotatable bonds is 3. The molecule has 0 radical (unpaired) electrons. The lowest BCUT2D eigenvalue weighted by molar-refractivity contribution is -0.139. The third-order valence-electron chi connectivity index (χ3n) is 5.22. The summed E-state index contributed by atoms with van der Waals surface area (Å²) in [5.74, 6) is 0.752. The number of hydrogen-bond donors (Lipinski definition) is 1. The second-order valence-electron chi connectivity index (χ2n) is 6.42. The summed E-state index contributed by atoms with van der Waals surface area (Å²) < 4.78 is 1.56. The summed E-state index contributed by atoms with van der Waals surface area (Å²) in [4.78, 5) is 25.1. The van der Waals surface area contributed by atoms with Crippen molar-refractivity contribution >= 4 is 11.9 Å². The predicted octanol–water partition coefficient (Wildman–Crippen LogP) is 0.796. The van der Waals surface area contributed by atoms with Gasteiger partial charge in [-0.1, -0.05) is 18.1 Å². The normalized spacial score (nSPS) is 31.4. The molecule has 2 heterocycles. The largest absolute Gasteiger partial charge is 0.476 e. The van der Waals surface area contributed by atoms with E-state index < -0.39 is 5.97 Å². The van der Waals surface area contributed by atoms with E-state index in [2.05, 4.69) is 10.3 Å². The third-order valence-corrected chi connectivity index (χ3v) is 5.22. The molecule has 112 valence electrons. The highest BCUT2D eigenvalue weighted by Gasteiger charge is 2.56. The summed E-state index contributed by atoms with van der Waals surface area (Å²) in [7, 11) is 0. The molecule has 0 bridgehead atoms. The van der Waals surface area contributed by atoms with Crippen LogP contribution in [0.1, 0.15) is 42.2 Å². The van der Waals surface area contributed by atoms with Crippen molar-refractivity contribution < 1.29 is 14.7 Å². The Bertz CT molecular complexity index is 581. The van der Waals surface area contributed by atoms with Gasteiger partial charge in [0, 0.05) is 19.0 Å². The molecule has 2 unspecified atom stereocenters. The number of aromatic carboxylic acids is 1. The van der Waals surface area contributed by atoms with E-state index in [1.165, 1.54) is 31.9 Å². The van der Waals surface area contributed by atoms with Crippen molar-refractivity contribution in [3.63, 3.8) is 0 Å². The molecule has 0 aromatic carbocycles. The first-order chi connectivity index (χ1) is 10.1. The first kappa shape index (κ1) is 12.8. The monoisotopic (exact) mass is 290 g/mol. The summed E-state index contributed by atoms with van der Waals surface area (Å²) in [6.07, 6.45) is 6.40. The summed E-state index contributed by atoms with van der Waals surface area (Å²) in [5.41, 5.74) is -0.0482. The quantitative estimate of drug-likeness (QED) is 0.889. The summed E-state index contributed by atoms with van der Waals surface area (Å²) in [5, 5.41) is 16.3. The number of carbonyl (C=O) groups excluding carboxylic acids is 1. The van der Waals surface area contributed by atoms with E-state index in [0.717, 1.165) is 0 Å². The smallest absolute Gasteiger partial charge is 0.358 e. The minimum Gasteiger partial charge on any atom is -0.476 e. The van der Waals surface area contributed by atoms with Gasteiger partial charge in [-0.2, -0.15) is 0 Å². The number of aromatic nitrogens is 3. The van der Waals surface area contributed by atoms with Gasteiger partial charge in [-0.15, -0.1) is 5.10 Å². The Labute approximate surface area is 121 Å². The van der Waals surface area contributed by atoms with Crippen LogP contribution in [-0.2, 0) is 4.79 Å². The molecule has 3 fully saturated rings. The fourth-order valence-corrected chi connectivity index (χ4v) is 3.93. The molecule has 1 aliphatic heterocycles. The van der Waals surface area contributed by atoms with Crippen LogP contribution >= 0.6 is 0 Å². The standard InChI is InChI=1S/C14H18N4O3/c19-13(12-9-3-1-2-4-10(9)12)17-5-8(6-17)18-7-11(14(20)21)15-16-18/h7-10,12H,1-6H2,(H,20,21). The lowest BCUT2D eigenvalue weighted by Crippen LogP contribution is -2.51. The van der Waals surface area contributed by atoms with Gasteiger partial charge < -0.3 is 10.0 Å². The molecule has 1 aromatic heterocycles. The number of fused-ring (bicyclic) bond motifs is 1. The molecule has 4 rings (SSSR count). The number of hydrogen-bond acceptors (Lipinski definition) is 4. The molecule has 0 spiro atoms. The third kappa shape index (κ3) is 2.02. The molecule has 1 saturated heterocycles. The van der Waals surface area contributed by atoms with Crippen molar-refractivity contribution in [2.45, 2.75) is 31.7 Å². The van der Waals surface area contributed by atoms with E-state index in [4.69, 9.17) is 5.11 Å². The second-order valence-corrected chi connectivity index (χ2v) is 6.42. The van der Waals surface area contributed by atoms with E-state index in [1.54, 1.807) is 4.68 Å². The van der Waals surface area contributed by atoms with Gasteiger partial charge in [-0.05, 0) is 24.7 Å². The van der Waals surface area contributed by atoms with Gasteiger partial charge in [-0.3, -0.25) is 4.79 Å². The Hall–Kier alpha value is -1.92. The number of carboxylic acid groups (broad SMARTS) is 1. The van der Waals surface area contributed by atoms with Crippen LogP contribution in [0.4, 0.5) is 0 Å². The van der Waals surface area contributed by atoms with Crippen LogP contribution in [0, 0.1) is 17.8 Å². The van der Waals surface area contributed by atoms with Crippen LogP contribution in [0.15, 0.2) is 6.20 Å². The first-order valence-corrected chi connectivity index (χ1v) is 7.59. The summed E-state index contributed by atoms with van der Waals surface area (Å²) in [6, 6.07) is 0.0651. The highest BCUT2D eigenvalue weighted by Crippen LogP contribution is 2.56. The maximum absolute atomic E-state index is 12.4. The van der Waals surface area contributed by atoms with E-state index in [9.17, 15) is 9.59 Å². The van der Waals surface area contributed by atoms with Crippen molar-refractivity contribution in [2.75, 3.05) is 13.1 Å². The Morgan fingerprint density at radius 1 is 1.19 bits per heavy atom. The molecule has 1 amide bonds. The number of likely N-dealkylation sites (tertiary alicyclic amines) is 1. The Balaban J connectivity index is 1.34. The topological polar surface area (TPSA) is 88.3 Å². The number of carbonyl (C=O) groups is 2. The lowest BCUT2D eigenvalue weighted by Gasteiger charge is -2.39. The minimum absolute atomic E-state index is 0.0482. The average molecular weight is 290 g/mol. The van der Waals surface area contributed by atoms with Gasteiger partial charge in [0.1, 0.15) is 0 Å². The maximum atomic E-state index is 12.4. The molecule has 2 saturated carbocycles. The zero-order valence-corrected chi connectivity index (χ0v) is 11.7. The van der Waals surface area contributed by atoms with Gasteiger partial charge >= 0.3 is 5.97 Å². The number of amides is 1. The van der Waals surface area contributed by atoms with Crippen molar-refractivity contribution in [3.8, 4) is 0 Å². The predicted molar refractivity (Wildman–Crippen MR) is 71.5 cm³/mol. The average Bonchev–Trinajstić information content (AvgIpc) is 2.95. The van der Waals surface area contributed by atoms with Crippen LogP contribution in [-0.4, -0.2) is 50.0 Å². The lowest BCUT2D eigenvalue weighted by atomic mass is 10.0. The molecular formula is C14H18N4O3. The molecule has 1 N–H and O–H groups in total. The van der Waals surface area contributed by atoms with Crippen molar-refractivity contribution in [1.29, 1.82) is 0 Å². The van der Waals surface area contributed by atoms with Gasteiger partial charge in [0.25, 0.3) is 0 Å². The second kappa shape index (κ2) is 4.54. The Morgan fingerprint density at radius 2 is 1.86 bits per heavy atom. The summed E-state index contributed by atoms with van der Waals surface area (Å²) >= 11 is 0. The van der Waals surface area contributed by atoms with Crippen molar-refractivity contribution in [1.82, 2.24) is 19.9 Å². The van der Waals surface area contributed by atoms with E-state index in [-0.39, 0.29) is 17.7 Å². The Morgan fingerprint density at radius 3 is 2.43 bits per heavy atom. The molecule has 21 heavy (non-hydrogen) atoms. The molecular weight excluding hydrogens is 272 g/mol. The van der Waals surface area contributed by atoms with Crippen molar-refractivity contribution in [2.24, 2.45) is 17.8 Å². The fourth-order valence-electron chi connectivity index (χ4n) is 3.93. The van der Waals surface area contributed by atoms with E-state index >= 15 is 0 Å². The number of carboxylic acids is 1. The van der Waals surface area contributed by atoms with E-state index in [0.29, 0.717) is 30.8 Å². The van der Waals surface area contributed by atoms with Gasteiger partial charge in [0.15, 0.2) is 5.69 Å². The molecule has 7 heteroatoms. The van der Waals surface area contributed by atoms with Crippen LogP contribution in [0.2, 0.25) is 0 Å². The van der Waals surface area contributed by atoms with Crippen LogP contribution in [0.5, 0.6) is 0 Å². The molecule has 7 nitrogen and oxygen atoms in total. The van der Waals surface area contributed by atoms with E-state index in [1.807, 2.05) is 4.90 Å². The van der Waals surface area contributed by atoms with Crippen LogP contribution in [0.3, 0.4) is 0 Å². The van der Waals surface area contributed by atoms with Crippen molar-refractivity contribution in [3.05, 3.63) is 11.9 Å². The Kier molecular flexibility index (Phi) is 2.77. The van der Waals surface area contributed by atoms with Crippen LogP contribution in [0.25, 0.3) is 0 Å². The fraction of sp³-hybridized carbons (Fsp3) is 0.714. The molecule has 2 atom stereocenters. The minimum atomic E-state index is -1.07. The van der Waals surface area contributed by atoms with Gasteiger partial charge in [-0.25, -0.2) is 9.48 Å². The zero-order valence-electron chi connectivity index (χ0n) is 11.7. The first-order valence-electron chi connectivity index (χ1n) is 7.59.